The highest BCUT2D eigenvalue weighted by atomic mass is 16.6. The summed E-state index contributed by atoms with van der Waals surface area (Å²) in [4.78, 5) is 63.1. The minimum absolute atomic E-state index is 0.00188. The molecule has 1 unspecified atom stereocenters. The lowest BCUT2D eigenvalue weighted by Crippen LogP contribution is -2.56. The number of para-hydroxylation sites is 1. The van der Waals surface area contributed by atoms with Crippen LogP contribution in [0, 0.1) is 0 Å². The monoisotopic (exact) mass is 601 g/mol. The summed E-state index contributed by atoms with van der Waals surface area (Å²) in [6.45, 7) is 0.858. The molecular weight excluding hydrogens is 566 g/mol. The Hall–Kier alpha value is -5.00. The molecule has 2 N–H and O–H groups in total. The fourth-order valence-corrected chi connectivity index (χ4v) is 5.24. The number of benzene rings is 2. The molecule has 12 heteroatoms. The van der Waals surface area contributed by atoms with Crippen molar-refractivity contribution in [3.63, 3.8) is 0 Å². The molecule has 230 valence electrons. The fourth-order valence-electron chi connectivity index (χ4n) is 5.24. The third-order valence-electron chi connectivity index (χ3n) is 7.61. The summed E-state index contributed by atoms with van der Waals surface area (Å²) in [5.41, 5.74) is 0.703. The third kappa shape index (κ3) is 8.09. The van der Waals surface area contributed by atoms with Gasteiger partial charge in [-0.15, -0.1) is 0 Å². The van der Waals surface area contributed by atoms with E-state index in [4.69, 9.17) is 9.47 Å². The van der Waals surface area contributed by atoms with Crippen molar-refractivity contribution in [3.05, 3.63) is 72.4 Å². The molecule has 1 saturated carbocycles. The van der Waals surface area contributed by atoms with Gasteiger partial charge in [-0.05, 0) is 44.2 Å². The van der Waals surface area contributed by atoms with Gasteiger partial charge in [-0.1, -0.05) is 48.5 Å². The number of rotatable bonds is 10. The average molecular weight is 602 g/mol. The lowest BCUT2D eigenvalue weighted by Gasteiger charge is -2.35. The van der Waals surface area contributed by atoms with Gasteiger partial charge in [-0.3, -0.25) is 14.4 Å². The van der Waals surface area contributed by atoms with Gasteiger partial charge in [-0.25, -0.2) is 9.78 Å². The van der Waals surface area contributed by atoms with E-state index in [0.717, 1.165) is 25.7 Å². The van der Waals surface area contributed by atoms with Crippen molar-refractivity contribution in [2.45, 2.75) is 50.7 Å². The summed E-state index contributed by atoms with van der Waals surface area (Å²) in [6.07, 6.45) is 2.96. The zero-order valence-corrected chi connectivity index (χ0v) is 24.3. The van der Waals surface area contributed by atoms with Crippen LogP contribution in [0.25, 0.3) is 11.4 Å². The normalized spacial score (nSPS) is 15.8. The van der Waals surface area contributed by atoms with Gasteiger partial charge in [0.15, 0.2) is 5.82 Å². The molecule has 1 aliphatic carbocycles. The van der Waals surface area contributed by atoms with Crippen molar-refractivity contribution in [2.24, 2.45) is 0 Å². The predicted octanol–water partition coefficient (Wildman–Crippen LogP) is 3.77. The van der Waals surface area contributed by atoms with Crippen LogP contribution in [-0.2, 0) is 9.59 Å². The molecule has 0 bridgehead atoms. The zero-order valence-electron chi connectivity index (χ0n) is 24.3. The molecule has 2 heterocycles. The standard InChI is InChI=1S/C32H35N5O7/c38-28(39)16-15-25(31(41)36-17-19-37(20-18-36)32(42)44-24-11-5-2-6-12-24)34-30(40)26-21-27(43-23-13-7-8-14-23)35-29(33-26)22-9-3-1-4-10-22/h1-6,9-12,21,23,25H,7-8,13-20H2,(H,34,40)(H,38,39). The van der Waals surface area contributed by atoms with Crippen LogP contribution in [-0.4, -0.2) is 87.1 Å². The van der Waals surface area contributed by atoms with Crippen LogP contribution in [0.3, 0.4) is 0 Å². The third-order valence-corrected chi connectivity index (χ3v) is 7.61. The van der Waals surface area contributed by atoms with Crippen molar-refractivity contribution >= 4 is 23.9 Å². The Kier molecular flexibility index (Phi) is 10.0. The van der Waals surface area contributed by atoms with E-state index < -0.39 is 29.9 Å². The molecule has 5 rings (SSSR count). The Bertz CT molecular complexity index is 1460. The van der Waals surface area contributed by atoms with Crippen molar-refractivity contribution < 1.29 is 33.8 Å². The molecule has 0 radical (unpaired) electrons. The molecule has 0 spiro atoms. The predicted molar refractivity (Wildman–Crippen MR) is 159 cm³/mol. The first kappa shape index (κ1) is 30.5. The molecule has 2 aromatic carbocycles. The molecule has 2 aliphatic rings. The molecule has 3 aromatic rings. The highest BCUT2D eigenvalue weighted by Crippen LogP contribution is 2.25. The number of carboxylic acids is 1. The Morgan fingerprint density at radius 3 is 2.18 bits per heavy atom. The topological polar surface area (TPSA) is 151 Å². The van der Waals surface area contributed by atoms with Crippen molar-refractivity contribution in [3.8, 4) is 23.0 Å². The Labute approximate surface area is 255 Å². The summed E-state index contributed by atoms with van der Waals surface area (Å²) in [6, 6.07) is 18.2. The van der Waals surface area contributed by atoms with E-state index in [1.54, 1.807) is 24.3 Å². The molecular formula is C32H35N5O7. The van der Waals surface area contributed by atoms with Crippen LogP contribution in [0.1, 0.15) is 49.0 Å². The van der Waals surface area contributed by atoms with Crippen LogP contribution in [0.2, 0.25) is 0 Å². The summed E-state index contributed by atoms with van der Waals surface area (Å²) < 4.78 is 11.5. The highest BCUT2D eigenvalue weighted by Gasteiger charge is 2.32. The van der Waals surface area contributed by atoms with E-state index in [-0.39, 0.29) is 56.7 Å². The maximum atomic E-state index is 13.6. The SMILES string of the molecule is O=C(O)CCC(NC(=O)c1cc(OC2CCCC2)nc(-c2ccccc2)n1)C(=O)N1CCN(C(=O)Oc2ccccc2)CC1. The number of hydrogen-bond acceptors (Lipinski definition) is 8. The maximum absolute atomic E-state index is 13.6. The smallest absolute Gasteiger partial charge is 0.415 e. The molecule has 12 nitrogen and oxygen atoms in total. The number of nitrogens with zero attached hydrogens (tertiary/aromatic N) is 4. The van der Waals surface area contributed by atoms with E-state index in [0.29, 0.717) is 17.1 Å². The Balaban J connectivity index is 1.28. The van der Waals surface area contributed by atoms with E-state index in [9.17, 15) is 24.3 Å². The largest absolute Gasteiger partial charge is 0.481 e. The molecule has 3 amide bonds. The first-order valence-corrected chi connectivity index (χ1v) is 14.8. The second kappa shape index (κ2) is 14.5. The van der Waals surface area contributed by atoms with Crippen LogP contribution in [0.15, 0.2) is 66.7 Å². The van der Waals surface area contributed by atoms with Gasteiger partial charge in [0.1, 0.15) is 23.6 Å². The first-order chi connectivity index (χ1) is 21.4. The van der Waals surface area contributed by atoms with Gasteiger partial charge >= 0.3 is 12.1 Å². The number of hydrogen-bond donors (Lipinski definition) is 2. The minimum atomic E-state index is -1.12. The van der Waals surface area contributed by atoms with Gasteiger partial charge in [0.25, 0.3) is 5.91 Å². The highest BCUT2D eigenvalue weighted by molar-refractivity contribution is 5.96. The summed E-state index contributed by atoms with van der Waals surface area (Å²) in [5, 5.41) is 12.0. The number of ether oxygens (including phenoxy) is 2. The Morgan fingerprint density at radius 1 is 0.886 bits per heavy atom. The second-order valence-electron chi connectivity index (χ2n) is 10.8. The fraction of sp³-hybridized carbons (Fsp3) is 0.375. The number of amides is 3. The van der Waals surface area contributed by atoms with E-state index >= 15 is 0 Å². The van der Waals surface area contributed by atoms with Crippen LogP contribution < -0.4 is 14.8 Å². The zero-order chi connectivity index (χ0) is 30.9. The number of nitrogens with one attached hydrogen (secondary N) is 1. The number of aliphatic carboxylic acids is 1. The van der Waals surface area contributed by atoms with Gasteiger partial charge in [-0.2, -0.15) is 4.98 Å². The van der Waals surface area contributed by atoms with Gasteiger partial charge in [0.05, 0.1) is 0 Å². The van der Waals surface area contributed by atoms with Crippen molar-refractivity contribution in [2.75, 3.05) is 26.2 Å². The summed E-state index contributed by atoms with van der Waals surface area (Å²) in [7, 11) is 0. The van der Waals surface area contributed by atoms with Gasteiger partial charge in [0, 0.05) is 44.2 Å². The van der Waals surface area contributed by atoms with E-state index in [2.05, 4.69) is 15.3 Å². The Morgan fingerprint density at radius 2 is 1.52 bits per heavy atom. The number of aromatic nitrogens is 2. The molecule has 1 atom stereocenters. The number of piperazine rings is 1. The van der Waals surface area contributed by atoms with Crippen LogP contribution in [0.4, 0.5) is 4.79 Å². The molecule has 44 heavy (non-hydrogen) atoms. The van der Waals surface area contributed by atoms with E-state index in [1.165, 1.54) is 15.9 Å². The minimum Gasteiger partial charge on any atom is -0.481 e. The number of carbonyl (C=O) groups excluding carboxylic acids is 3. The van der Waals surface area contributed by atoms with Crippen molar-refractivity contribution in [1.29, 1.82) is 0 Å². The van der Waals surface area contributed by atoms with Crippen LogP contribution in [0.5, 0.6) is 11.6 Å². The lowest BCUT2D eigenvalue weighted by molar-refractivity contribution is -0.138. The van der Waals surface area contributed by atoms with Gasteiger partial charge < -0.3 is 29.7 Å². The van der Waals surface area contributed by atoms with Gasteiger partial charge in [0.2, 0.25) is 11.8 Å². The molecule has 1 aromatic heterocycles. The molecule has 1 aliphatic heterocycles. The van der Waals surface area contributed by atoms with Crippen LogP contribution >= 0.6 is 0 Å². The second-order valence-corrected chi connectivity index (χ2v) is 10.8. The quantitative estimate of drug-likeness (QED) is 0.354. The summed E-state index contributed by atoms with van der Waals surface area (Å²) >= 11 is 0. The average Bonchev–Trinajstić information content (AvgIpc) is 3.56. The molecule has 2 fully saturated rings. The first-order valence-electron chi connectivity index (χ1n) is 14.8. The lowest BCUT2D eigenvalue weighted by atomic mass is 10.1. The number of carbonyl (C=O) groups is 4. The molecule has 1 saturated heterocycles. The maximum Gasteiger partial charge on any atom is 0.415 e. The summed E-state index contributed by atoms with van der Waals surface area (Å²) in [5.74, 6) is -1.18. The van der Waals surface area contributed by atoms with E-state index in [1.807, 2.05) is 36.4 Å². The van der Waals surface area contributed by atoms with Crippen molar-refractivity contribution in [1.82, 2.24) is 25.1 Å². The number of carboxylic acid groups (broad SMARTS) is 1.